The van der Waals surface area contributed by atoms with E-state index in [2.05, 4.69) is 40.5 Å². The normalized spacial score (nSPS) is 19.4. The lowest BCUT2D eigenvalue weighted by Crippen LogP contribution is -2.42. The standard InChI is InChI=1S/C21H24N2O2/c24-21(22-14-17-8-9-20-18(13-17)10-12-25-20)19-7-4-11-23(19)15-16-5-2-1-3-6-16/h1-3,5-6,8-9,13,19H,4,7,10-12,14-15H2,(H,22,24). The van der Waals surface area contributed by atoms with Crippen LogP contribution in [0.5, 0.6) is 5.75 Å². The fourth-order valence-corrected chi connectivity index (χ4v) is 3.79. The second kappa shape index (κ2) is 7.28. The van der Waals surface area contributed by atoms with Gasteiger partial charge < -0.3 is 10.1 Å². The highest BCUT2D eigenvalue weighted by atomic mass is 16.5. The summed E-state index contributed by atoms with van der Waals surface area (Å²) < 4.78 is 5.54. The average molecular weight is 336 g/mol. The Labute approximate surface area is 148 Å². The number of benzene rings is 2. The fraction of sp³-hybridized carbons (Fsp3) is 0.381. The summed E-state index contributed by atoms with van der Waals surface area (Å²) in [5.41, 5.74) is 3.66. The van der Waals surface area contributed by atoms with Gasteiger partial charge in [-0.2, -0.15) is 0 Å². The van der Waals surface area contributed by atoms with Crippen LogP contribution in [-0.4, -0.2) is 30.0 Å². The number of carbonyl (C=O) groups excluding carboxylic acids is 1. The van der Waals surface area contributed by atoms with Crippen molar-refractivity contribution < 1.29 is 9.53 Å². The molecule has 1 atom stereocenters. The summed E-state index contributed by atoms with van der Waals surface area (Å²) in [6.07, 6.45) is 2.99. The van der Waals surface area contributed by atoms with Crippen LogP contribution in [-0.2, 0) is 24.3 Å². The molecule has 0 aromatic heterocycles. The van der Waals surface area contributed by atoms with Crippen molar-refractivity contribution in [3.63, 3.8) is 0 Å². The van der Waals surface area contributed by atoms with E-state index in [-0.39, 0.29) is 11.9 Å². The van der Waals surface area contributed by atoms with Crippen LogP contribution in [0.15, 0.2) is 48.5 Å². The summed E-state index contributed by atoms with van der Waals surface area (Å²) in [4.78, 5) is 15.0. The number of nitrogens with one attached hydrogen (secondary N) is 1. The Kier molecular flexibility index (Phi) is 4.70. The van der Waals surface area contributed by atoms with Gasteiger partial charge in [0.25, 0.3) is 0 Å². The van der Waals surface area contributed by atoms with Gasteiger partial charge in [-0.05, 0) is 42.1 Å². The predicted molar refractivity (Wildman–Crippen MR) is 97.4 cm³/mol. The molecule has 1 saturated heterocycles. The number of carbonyl (C=O) groups is 1. The van der Waals surface area contributed by atoms with Crippen LogP contribution in [0.1, 0.15) is 29.5 Å². The molecule has 1 fully saturated rings. The molecule has 0 aliphatic carbocycles. The van der Waals surface area contributed by atoms with Crippen molar-refractivity contribution in [2.24, 2.45) is 0 Å². The molecule has 2 aromatic rings. The Bertz CT molecular complexity index is 745. The number of amides is 1. The third-order valence-corrected chi connectivity index (χ3v) is 5.12. The summed E-state index contributed by atoms with van der Waals surface area (Å²) in [7, 11) is 0. The largest absolute Gasteiger partial charge is 0.493 e. The Morgan fingerprint density at radius 3 is 2.92 bits per heavy atom. The first kappa shape index (κ1) is 16.2. The van der Waals surface area contributed by atoms with Gasteiger partial charge in [0.15, 0.2) is 0 Å². The third-order valence-electron chi connectivity index (χ3n) is 5.12. The maximum atomic E-state index is 12.7. The van der Waals surface area contributed by atoms with E-state index in [4.69, 9.17) is 4.74 Å². The molecule has 2 aliphatic rings. The van der Waals surface area contributed by atoms with E-state index < -0.39 is 0 Å². The van der Waals surface area contributed by atoms with Crippen molar-refractivity contribution in [1.29, 1.82) is 0 Å². The molecule has 1 amide bonds. The third kappa shape index (κ3) is 3.69. The van der Waals surface area contributed by atoms with E-state index in [1.165, 1.54) is 11.1 Å². The van der Waals surface area contributed by atoms with Crippen LogP contribution in [0.25, 0.3) is 0 Å². The molecular weight excluding hydrogens is 312 g/mol. The number of likely N-dealkylation sites (tertiary alicyclic amines) is 1. The molecule has 1 unspecified atom stereocenters. The van der Waals surface area contributed by atoms with E-state index in [0.717, 1.165) is 50.3 Å². The highest BCUT2D eigenvalue weighted by Gasteiger charge is 2.30. The van der Waals surface area contributed by atoms with Crippen LogP contribution >= 0.6 is 0 Å². The summed E-state index contributed by atoms with van der Waals surface area (Å²) in [5.74, 6) is 1.13. The second-order valence-corrected chi connectivity index (χ2v) is 6.87. The van der Waals surface area contributed by atoms with E-state index >= 15 is 0 Å². The lowest BCUT2D eigenvalue weighted by atomic mass is 10.1. The molecule has 0 bridgehead atoms. The van der Waals surface area contributed by atoms with Crippen molar-refractivity contribution in [3.05, 3.63) is 65.2 Å². The van der Waals surface area contributed by atoms with Gasteiger partial charge >= 0.3 is 0 Å². The average Bonchev–Trinajstić information content (AvgIpc) is 3.29. The van der Waals surface area contributed by atoms with Gasteiger partial charge in [-0.1, -0.05) is 42.5 Å². The first-order chi connectivity index (χ1) is 12.3. The quantitative estimate of drug-likeness (QED) is 0.913. The molecular formula is C21H24N2O2. The molecule has 2 aliphatic heterocycles. The molecule has 4 rings (SSSR count). The molecule has 2 aromatic carbocycles. The van der Waals surface area contributed by atoms with Crippen LogP contribution < -0.4 is 10.1 Å². The van der Waals surface area contributed by atoms with Crippen molar-refractivity contribution in [2.45, 2.75) is 38.4 Å². The van der Waals surface area contributed by atoms with E-state index in [9.17, 15) is 4.79 Å². The molecule has 0 radical (unpaired) electrons. The minimum atomic E-state index is -0.0158. The Morgan fingerprint density at radius 1 is 1.16 bits per heavy atom. The van der Waals surface area contributed by atoms with Gasteiger partial charge in [0.05, 0.1) is 12.6 Å². The first-order valence-corrected chi connectivity index (χ1v) is 9.10. The zero-order valence-corrected chi connectivity index (χ0v) is 14.4. The zero-order chi connectivity index (χ0) is 17.1. The van der Waals surface area contributed by atoms with Gasteiger partial charge in [-0.3, -0.25) is 9.69 Å². The lowest BCUT2D eigenvalue weighted by Gasteiger charge is -2.23. The molecule has 0 spiro atoms. The monoisotopic (exact) mass is 336 g/mol. The molecule has 2 heterocycles. The molecule has 4 heteroatoms. The van der Waals surface area contributed by atoms with Gasteiger partial charge in [-0.25, -0.2) is 0 Å². The first-order valence-electron chi connectivity index (χ1n) is 9.10. The predicted octanol–water partition coefficient (Wildman–Crippen LogP) is 2.90. The van der Waals surface area contributed by atoms with Gasteiger partial charge in [0, 0.05) is 19.5 Å². The molecule has 0 saturated carbocycles. The van der Waals surface area contributed by atoms with Gasteiger partial charge in [0.1, 0.15) is 5.75 Å². The summed E-state index contributed by atoms with van der Waals surface area (Å²) in [6, 6.07) is 16.6. The van der Waals surface area contributed by atoms with Crippen molar-refractivity contribution >= 4 is 5.91 Å². The molecule has 4 nitrogen and oxygen atoms in total. The highest BCUT2D eigenvalue weighted by Crippen LogP contribution is 2.26. The Hall–Kier alpha value is -2.33. The topological polar surface area (TPSA) is 41.6 Å². The van der Waals surface area contributed by atoms with E-state index in [1.807, 2.05) is 18.2 Å². The smallest absolute Gasteiger partial charge is 0.237 e. The zero-order valence-electron chi connectivity index (χ0n) is 14.4. The molecule has 130 valence electrons. The maximum absolute atomic E-state index is 12.7. The van der Waals surface area contributed by atoms with Crippen LogP contribution in [0, 0.1) is 0 Å². The van der Waals surface area contributed by atoms with Crippen LogP contribution in [0.4, 0.5) is 0 Å². The SMILES string of the molecule is O=C(NCc1ccc2c(c1)CCO2)C1CCCN1Cc1ccccc1. The van der Waals surface area contributed by atoms with Crippen molar-refractivity contribution in [2.75, 3.05) is 13.2 Å². The van der Waals surface area contributed by atoms with Crippen molar-refractivity contribution in [3.8, 4) is 5.75 Å². The number of fused-ring (bicyclic) bond motifs is 1. The highest BCUT2D eigenvalue weighted by molar-refractivity contribution is 5.82. The van der Waals surface area contributed by atoms with Gasteiger partial charge in [0.2, 0.25) is 5.91 Å². The van der Waals surface area contributed by atoms with E-state index in [0.29, 0.717) is 6.54 Å². The number of hydrogen-bond acceptors (Lipinski definition) is 3. The second-order valence-electron chi connectivity index (χ2n) is 6.87. The molecule has 1 N–H and O–H groups in total. The Balaban J connectivity index is 1.35. The number of ether oxygens (including phenoxy) is 1. The summed E-state index contributed by atoms with van der Waals surface area (Å²) in [5, 5.41) is 3.13. The fourth-order valence-electron chi connectivity index (χ4n) is 3.79. The van der Waals surface area contributed by atoms with Crippen LogP contribution in [0.3, 0.4) is 0 Å². The molecule has 25 heavy (non-hydrogen) atoms. The summed E-state index contributed by atoms with van der Waals surface area (Å²) in [6.45, 7) is 3.18. The maximum Gasteiger partial charge on any atom is 0.237 e. The van der Waals surface area contributed by atoms with Crippen molar-refractivity contribution in [1.82, 2.24) is 10.2 Å². The number of nitrogens with zero attached hydrogens (tertiary/aromatic N) is 1. The van der Waals surface area contributed by atoms with Crippen LogP contribution in [0.2, 0.25) is 0 Å². The lowest BCUT2D eigenvalue weighted by molar-refractivity contribution is -0.125. The minimum Gasteiger partial charge on any atom is -0.493 e. The van der Waals surface area contributed by atoms with E-state index in [1.54, 1.807) is 0 Å². The Morgan fingerprint density at radius 2 is 2.04 bits per heavy atom. The van der Waals surface area contributed by atoms with Gasteiger partial charge in [-0.15, -0.1) is 0 Å². The summed E-state index contributed by atoms with van der Waals surface area (Å²) >= 11 is 0. The number of hydrogen-bond donors (Lipinski definition) is 1. The minimum absolute atomic E-state index is 0.0158. The number of rotatable bonds is 5.